The fraction of sp³-hybridized carbons (Fsp3) is 0.200. The highest BCUT2D eigenvalue weighted by molar-refractivity contribution is 9.10. The molecule has 0 aliphatic rings. The molecule has 2 rings (SSSR count). The van der Waals surface area contributed by atoms with Crippen LogP contribution in [-0.4, -0.2) is 24.2 Å². The molecule has 1 heterocycles. The summed E-state index contributed by atoms with van der Waals surface area (Å²) in [4.78, 5) is 25.5. The molecule has 3 amide bonds. The summed E-state index contributed by atoms with van der Waals surface area (Å²) in [5, 5.41) is 7.00. The molecule has 0 atom stereocenters. The number of amides is 3. The Morgan fingerprint density at radius 1 is 1.18 bits per heavy atom. The van der Waals surface area contributed by atoms with Crippen LogP contribution in [0.5, 0.6) is 0 Å². The van der Waals surface area contributed by atoms with Gasteiger partial charge in [-0.25, -0.2) is 4.79 Å². The smallest absolute Gasteiger partial charge is 0.321 e. The van der Waals surface area contributed by atoms with Gasteiger partial charge >= 0.3 is 6.03 Å². The van der Waals surface area contributed by atoms with E-state index in [1.165, 1.54) is 16.6 Å². The highest BCUT2D eigenvalue weighted by Gasteiger charge is 2.08. The molecule has 0 unspecified atom stereocenters. The average molecular weight is 399 g/mol. The number of imide groups is 1. The third-order valence-electron chi connectivity index (χ3n) is 2.67. The zero-order valence-corrected chi connectivity index (χ0v) is 14.9. The van der Waals surface area contributed by atoms with Crippen LogP contribution in [0.25, 0.3) is 0 Å². The Hall–Kier alpha value is -1.31. The lowest BCUT2D eigenvalue weighted by molar-refractivity contribution is -0.117. The van der Waals surface area contributed by atoms with Gasteiger partial charge in [-0.2, -0.15) is 0 Å². The summed E-state index contributed by atoms with van der Waals surface area (Å²) < 4.78 is 0.992. The third-order valence-corrected chi connectivity index (χ3v) is 5.15. The van der Waals surface area contributed by atoms with Crippen LogP contribution in [0.4, 0.5) is 4.79 Å². The molecule has 0 saturated carbocycles. The van der Waals surface area contributed by atoms with Gasteiger partial charge in [0.25, 0.3) is 0 Å². The molecule has 22 heavy (non-hydrogen) atoms. The summed E-state index contributed by atoms with van der Waals surface area (Å²) in [5.74, 6) is -0.0958. The molecule has 1 aromatic carbocycles. The first-order chi connectivity index (χ1) is 10.6. The number of carbonyl (C=O) groups is 2. The monoisotopic (exact) mass is 398 g/mol. The first-order valence-corrected chi connectivity index (χ1v) is 9.28. The van der Waals surface area contributed by atoms with Crippen molar-refractivity contribution in [1.29, 1.82) is 0 Å². The Kier molecular flexibility index (Phi) is 6.95. The number of carbonyl (C=O) groups excluding carboxylic acids is 2. The molecular weight excluding hydrogens is 384 g/mol. The second kappa shape index (κ2) is 8.97. The Balaban J connectivity index is 1.63. The van der Waals surface area contributed by atoms with Gasteiger partial charge in [0.15, 0.2) is 0 Å². The van der Waals surface area contributed by atoms with E-state index in [-0.39, 0.29) is 11.7 Å². The topological polar surface area (TPSA) is 58.2 Å². The van der Waals surface area contributed by atoms with E-state index in [2.05, 4.69) is 26.6 Å². The molecule has 1 aromatic heterocycles. The first kappa shape index (κ1) is 17.1. The molecule has 4 nitrogen and oxygen atoms in total. The van der Waals surface area contributed by atoms with Crippen LogP contribution in [0.2, 0.25) is 0 Å². The number of benzene rings is 1. The van der Waals surface area contributed by atoms with Gasteiger partial charge in [-0.3, -0.25) is 10.1 Å². The molecule has 2 aromatic rings. The van der Waals surface area contributed by atoms with Crippen molar-refractivity contribution in [3.8, 4) is 0 Å². The summed E-state index contributed by atoms with van der Waals surface area (Å²) >= 11 is 6.40. The maximum atomic E-state index is 11.7. The molecule has 0 aliphatic heterocycles. The van der Waals surface area contributed by atoms with Crippen LogP contribution in [0.1, 0.15) is 4.88 Å². The van der Waals surface area contributed by atoms with Crippen LogP contribution in [-0.2, 0) is 11.2 Å². The van der Waals surface area contributed by atoms with Crippen LogP contribution in [0, 0.1) is 0 Å². The van der Waals surface area contributed by atoms with E-state index in [1.54, 1.807) is 11.3 Å². The zero-order valence-electron chi connectivity index (χ0n) is 11.7. The zero-order chi connectivity index (χ0) is 15.8. The molecule has 0 radical (unpaired) electrons. The molecule has 0 saturated heterocycles. The summed E-state index contributed by atoms with van der Waals surface area (Å²) in [6.07, 6.45) is 0.771. The van der Waals surface area contributed by atoms with Gasteiger partial charge in [0.05, 0.1) is 5.75 Å². The van der Waals surface area contributed by atoms with Gasteiger partial charge in [-0.15, -0.1) is 23.1 Å². The molecule has 2 N–H and O–H groups in total. The number of nitrogens with one attached hydrogen (secondary N) is 2. The minimum atomic E-state index is -0.446. The number of rotatable bonds is 6. The molecule has 0 aliphatic carbocycles. The van der Waals surface area contributed by atoms with Crippen molar-refractivity contribution in [3.63, 3.8) is 0 Å². The summed E-state index contributed by atoms with van der Waals surface area (Å²) in [7, 11) is 0. The van der Waals surface area contributed by atoms with Crippen molar-refractivity contribution in [2.24, 2.45) is 0 Å². The van der Waals surface area contributed by atoms with E-state index < -0.39 is 6.03 Å². The second-order valence-electron chi connectivity index (χ2n) is 4.38. The molecule has 0 bridgehead atoms. The Morgan fingerprint density at radius 2 is 1.95 bits per heavy atom. The van der Waals surface area contributed by atoms with Crippen molar-refractivity contribution in [3.05, 3.63) is 51.1 Å². The summed E-state index contributed by atoms with van der Waals surface area (Å²) in [6, 6.07) is 11.2. The van der Waals surface area contributed by atoms with E-state index in [0.717, 1.165) is 15.8 Å². The molecule has 0 spiro atoms. The normalized spacial score (nSPS) is 10.2. The standard InChI is InChI=1S/C15H15BrN2O2S2/c16-11-3-5-13(6-4-11)22-10-14(19)18-15(20)17-8-7-12-2-1-9-21-12/h1-6,9H,7-8,10H2,(H2,17,18,19,20). The minimum Gasteiger partial charge on any atom is -0.337 e. The highest BCUT2D eigenvalue weighted by atomic mass is 79.9. The fourth-order valence-electron chi connectivity index (χ4n) is 1.64. The predicted octanol–water partition coefficient (Wildman–Crippen LogP) is 3.67. The predicted molar refractivity (Wildman–Crippen MR) is 94.4 cm³/mol. The summed E-state index contributed by atoms with van der Waals surface area (Å²) in [6.45, 7) is 0.513. The van der Waals surface area contributed by atoms with Gasteiger partial charge < -0.3 is 5.32 Å². The quantitative estimate of drug-likeness (QED) is 0.729. The number of urea groups is 1. The molecule has 0 fully saturated rings. The number of thiophene rings is 1. The van der Waals surface area contributed by atoms with Gasteiger partial charge in [-0.05, 0) is 42.1 Å². The fourth-order valence-corrected chi connectivity index (χ4v) is 3.31. The highest BCUT2D eigenvalue weighted by Crippen LogP contribution is 2.20. The average Bonchev–Trinajstić information content (AvgIpc) is 3.00. The molecule has 116 valence electrons. The van der Waals surface area contributed by atoms with Gasteiger partial charge in [0, 0.05) is 20.8 Å². The van der Waals surface area contributed by atoms with Crippen molar-refractivity contribution in [2.75, 3.05) is 12.3 Å². The number of thioether (sulfide) groups is 1. The minimum absolute atomic E-state index is 0.208. The number of hydrogen-bond donors (Lipinski definition) is 2. The van der Waals surface area contributed by atoms with E-state index in [9.17, 15) is 9.59 Å². The Labute approximate surface area is 145 Å². The SMILES string of the molecule is O=C(CSc1ccc(Br)cc1)NC(=O)NCCc1cccs1. The first-order valence-electron chi connectivity index (χ1n) is 6.62. The van der Waals surface area contributed by atoms with Crippen molar-refractivity contribution in [1.82, 2.24) is 10.6 Å². The molecular formula is C15H15BrN2O2S2. The van der Waals surface area contributed by atoms with Gasteiger partial charge in [0.1, 0.15) is 0 Å². The third kappa shape index (κ3) is 6.21. The van der Waals surface area contributed by atoms with E-state index in [0.29, 0.717) is 6.54 Å². The van der Waals surface area contributed by atoms with Crippen molar-refractivity contribution < 1.29 is 9.59 Å². The lowest BCUT2D eigenvalue weighted by Gasteiger charge is -2.06. The van der Waals surface area contributed by atoms with E-state index in [4.69, 9.17) is 0 Å². The van der Waals surface area contributed by atoms with Gasteiger partial charge in [0.2, 0.25) is 5.91 Å². The van der Waals surface area contributed by atoms with Crippen molar-refractivity contribution >= 4 is 51.0 Å². The van der Waals surface area contributed by atoms with Crippen LogP contribution < -0.4 is 10.6 Å². The second-order valence-corrected chi connectivity index (χ2v) is 7.37. The van der Waals surface area contributed by atoms with Gasteiger partial charge in [-0.1, -0.05) is 22.0 Å². The largest absolute Gasteiger partial charge is 0.337 e. The number of hydrogen-bond acceptors (Lipinski definition) is 4. The number of halogens is 1. The van der Waals surface area contributed by atoms with Crippen LogP contribution >= 0.6 is 39.0 Å². The summed E-state index contributed by atoms with van der Waals surface area (Å²) in [5.41, 5.74) is 0. The van der Waals surface area contributed by atoms with E-state index in [1.807, 2.05) is 41.8 Å². The lowest BCUT2D eigenvalue weighted by atomic mass is 10.3. The van der Waals surface area contributed by atoms with Crippen molar-refractivity contribution in [2.45, 2.75) is 11.3 Å². The van der Waals surface area contributed by atoms with Crippen LogP contribution in [0.3, 0.4) is 0 Å². The Bertz CT molecular complexity index is 615. The maximum absolute atomic E-state index is 11.7. The Morgan fingerprint density at radius 3 is 2.64 bits per heavy atom. The van der Waals surface area contributed by atoms with Crippen LogP contribution in [0.15, 0.2) is 51.1 Å². The lowest BCUT2D eigenvalue weighted by Crippen LogP contribution is -2.41. The molecule has 7 heteroatoms. The van der Waals surface area contributed by atoms with E-state index >= 15 is 0 Å². The maximum Gasteiger partial charge on any atom is 0.321 e.